The maximum Gasteiger partial charge on any atom is 0.360 e. The van der Waals surface area contributed by atoms with Gasteiger partial charge < -0.3 is 15.0 Å². The van der Waals surface area contributed by atoms with Gasteiger partial charge in [0.05, 0.1) is 6.61 Å². The van der Waals surface area contributed by atoms with E-state index in [9.17, 15) is 4.79 Å². The van der Waals surface area contributed by atoms with Gasteiger partial charge in [-0.3, -0.25) is 0 Å². The minimum absolute atomic E-state index is 0.268. The summed E-state index contributed by atoms with van der Waals surface area (Å²) >= 11 is 0. The summed E-state index contributed by atoms with van der Waals surface area (Å²) in [5.74, 6) is 1.60. The minimum atomic E-state index is -0.422. The summed E-state index contributed by atoms with van der Waals surface area (Å²) in [5, 5.41) is 0. The number of nitrogens with zero attached hydrogens (tertiary/aromatic N) is 2. The molecule has 1 aliphatic carbocycles. The van der Waals surface area contributed by atoms with Gasteiger partial charge in [0.25, 0.3) is 0 Å². The van der Waals surface area contributed by atoms with Crippen LogP contribution in [0.25, 0.3) is 0 Å². The molecule has 1 aromatic rings. The van der Waals surface area contributed by atoms with Crippen LogP contribution in [0.4, 0.5) is 5.82 Å². The molecular formula is C12H19N3O2. The Hall–Kier alpha value is -1.52. The standard InChI is InChI=1S/C12H19N3O2/c1-3-9-14-10(12(16)17-4-2)11(13)15(9)7-8-5-6-8/h8H,3-7,13H2,1-2H3. The summed E-state index contributed by atoms with van der Waals surface area (Å²) in [6.45, 7) is 5.01. The summed E-state index contributed by atoms with van der Waals surface area (Å²) < 4.78 is 6.91. The molecule has 0 atom stereocenters. The van der Waals surface area contributed by atoms with Crippen molar-refractivity contribution in [1.29, 1.82) is 0 Å². The summed E-state index contributed by atoms with van der Waals surface area (Å²) in [4.78, 5) is 16.0. The number of nitrogen functional groups attached to an aromatic ring is 1. The maximum absolute atomic E-state index is 11.7. The monoisotopic (exact) mass is 237 g/mol. The van der Waals surface area contributed by atoms with Gasteiger partial charge in [-0.25, -0.2) is 9.78 Å². The summed E-state index contributed by atoms with van der Waals surface area (Å²) in [6.07, 6.45) is 3.27. The molecule has 1 fully saturated rings. The number of hydrogen-bond acceptors (Lipinski definition) is 4. The van der Waals surface area contributed by atoms with Crippen molar-refractivity contribution in [3.8, 4) is 0 Å². The van der Waals surface area contributed by atoms with Gasteiger partial charge in [0.1, 0.15) is 11.6 Å². The number of aryl methyl sites for hydroxylation is 1. The largest absolute Gasteiger partial charge is 0.461 e. The zero-order valence-electron chi connectivity index (χ0n) is 10.4. The normalized spacial score (nSPS) is 14.9. The van der Waals surface area contributed by atoms with E-state index < -0.39 is 5.97 Å². The molecular weight excluding hydrogens is 218 g/mol. The van der Waals surface area contributed by atoms with Crippen LogP contribution < -0.4 is 5.73 Å². The lowest BCUT2D eigenvalue weighted by molar-refractivity contribution is 0.0521. The van der Waals surface area contributed by atoms with Crippen molar-refractivity contribution in [2.24, 2.45) is 5.92 Å². The van der Waals surface area contributed by atoms with Gasteiger partial charge in [-0.05, 0) is 25.7 Å². The van der Waals surface area contributed by atoms with E-state index in [-0.39, 0.29) is 5.69 Å². The molecule has 1 aliphatic rings. The number of carbonyl (C=O) groups is 1. The first-order chi connectivity index (χ1) is 8.17. The van der Waals surface area contributed by atoms with Crippen molar-refractivity contribution < 1.29 is 9.53 Å². The fourth-order valence-corrected chi connectivity index (χ4v) is 1.90. The number of carbonyl (C=O) groups excluding carboxylic acids is 1. The third-order valence-corrected chi connectivity index (χ3v) is 3.01. The number of nitrogens with two attached hydrogens (primary N) is 1. The molecule has 17 heavy (non-hydrogen) atoms. The second-order valence-corrected chi connectivity index (χ2v) is 4.39. The molecule has 2 rings (SSSR count). The van der Waals surface area contributed by atoms with Crippen molar-refractivity contribution >= 4 is 11.8 Å². The fourth-order valence-electron chi connectivity index (χ4n) is 1.90. The van der Waals surface area contributed by atoms with Gasteiger partial charge in [-0.2, -0.15) is 0 Å². The molecule has 1 heterocycles. The molecule has 1 aromatic heterocycles. The van der Waals surface area contributed by atoms with Gasteiger partial charge >= 0.3 is 5.97 Å². The van der Waals surface area contributed by atoms with Gasteiger partial charge in [0, 0.05) is 13.0 Å². The topological polar surface area (TPSA) is 70.1 Å². The number of anilines is 1. The van der Waals surface area contributed by atoms with Crippen LogP contribution in [-0.4, -0.2) is 22.1 Å². The highest BCUT2D eigenvalue weighted by atomic mass is 16.5. The average molecular weight is 237 g/mol. The predicted octanol–water partition coefficient (Wildman–Crippen LogP) is 1.61. The Morgan fingerprint density at radius 1 is 1.53 bits per heavy atom. The number of hydrogen-bond donors (Lipinski definition) is 1. The van der Waals surface area contributed by atoms with Crippen LogP contribution in [0.1, 0.15) is 43.0 Å². The van der Waals surface area contributed by atoms with E-state index in [0.29, 0.717) is 18.3 Å². The first-order valence-corrected chi connectivity index (χ1v) is 6.19. The first kappa shape index (κ1) is 12.0. The molecule has 0 aromatic carbocycles. The van der Waals surface area contributed by atoms with Crippen molar-refractivity contribution in [1.82, 2.24) is 9.55 Å². The van der Waals surface area contributed by atoms with E-state index in [2.05, 4.69) is 4.98 Å². The maximum atomic E-state index is 11.7. The van der Waals surface area contributed by atoms with Gasteiger partial charge in [-0.15, -0.1) is 0 Å². The predicted molar refractivity (Wildman–Crippen MR) is 64.7 cm³/mol. The molecule has 0 amide bonds. The third-order valence-electron chi connectivity index (χ3n) is 3.01. The van der Waals surface area contributed by atoms with E-state index >= 15 is 0 Å². The van der Waals surface area contributed by atoms with Crippen molar-refractivity contribution in [2.75, 3.05) is 12.3 Å². The number of rotatable bonds is 5. The highest BCUT2D eigenvalue weighted by Crippen LogP contribution is 2.32. The fraction of sp³-hybridized carbons (Fsp3) is 0.667. The van der Waals surface area contributed by atoms with Crippen LogP contribution in [0.2, 0.25) is 0 Å². The number of imidazole rings is 1. The molecule has 0 spiro atoms. The smallest absolute Gasteiger partial charge is 0.360 e. The molecule has 94 valence electrons. The van der Waals surface area contributed by atoms with Gasteiger partial charge in [0.2, 0.25) is 0 Å². The number of ether oxygens (including phenoxy) is 1. The lowest BCUT2D eigenvalue weighted by Crippen LogP contribution is -2.11. The van der Waals surface area contributed by atoms with Crippen molar-refractivity contribution in [2.45, 2.75) is 39.7 Å². The van der Waals surface area contributed by atoms with Crippen LogP contribution in [0.15, 0.2) is 0 Å². The van der Waals surface area contributed by atoms with Crippen LogP contribution in [0.3, 0.4) is 0 Å². The molecule has 1 saturated carbocycles. The summed E-state index contributed by atoms with van der Waals surface area (Å²) in [6, 6.07) is 0. The molecule has 0 unspecified atom stereocenters. The highest BCUT2D eigenvalue weighted by Gasteiger charge is 2.27. The van der Waals surface area contributed by atoms with E-state index in [0.717, 1.165) is 18.8 Å². The summed E-state index contributed by atoms with van der Waals surface area (Å²) in [7, 11) is 0. The molecule has 5 heteroatoms. The molecule has 2 N–H and O–H groups in total. The van der Waals surface area contributed by atoms with Crippen LogP contribution in [0.5, 0.6) is 0 Å². The molecule has 0 aliphatic heterocycles. The summed E-state index contributed by atoms with van der Waals surface area (Å²) in [5.41, 5.74) is 6.25. The minimum Gasteiger partial charge on any atom is -0.461 e. The number of aromatic nitrogens is 2. The second-order valence-electron chi connectivity index (χ2n) is 4.39. The van der Waals surface area contributed by atoms with Crippen LogP contribution in [-0.2, 0) is 17.7 Å². The molecule has 5 nitrogen and oxygen atoms in total. The Morgan fingerprint density at radius 2 is 2.24 bits per heavy atom. The highest BCUT2D eigenvalue weighted by molar-refractivity contribution is 5.92. The van der Waals surface area contributed by atoms with Gasteiger partial charge in [-0.1, -0.05) is 6.92 Å². The van der Waals surface area contributed by atoms with E-state index in [1.807, 2.05) is 11.5 Å². The Kier molecular flexibility index (Phi) is 3.36. The SMILES string of the molecule is CCOC(=O)c1nc(CC)n(CC2CC2)c1N. The molecule has 0 saturated heterocycles. The first-order valence-electron chi connectivity index (χ1n) is 6.19. The van der Waals surface area contributed by atoms with Crippen LogP contribution in [0, 0.1) is 5.92 Å². The lowest BCUT2D eigenvalue weighted by atomic mass is 10.3. The second kappa shape index (κ2) is 4.77. The van der Waals surface area contributed by atoms with Crippen molar-refractivity contribution in [3.63, 3.8) is 0 Å². The Bertz CT molecular complexity index is 422. The lowest BCUT2D eigenvalue weighted by Gasteiger charge is -2.07. The molecule has 0 radical (unpaired) electrons. The van der Waals surface area contributed by atoms with Crippen molar-refractivity contribution in [3.05, 3.63) is 11.5 Å². The zero-order valence-corrected chi connectivity index (χ0v) is 10.4. The van der Waals surface area contributed by atoms with Crippen LogP contribution >= 0.6 is 0 Å². The quantitative estimate of drug-likeness (QED) is 0.790. The Balaban J connectivity index is 2.27. The third kappa shape index (κ3) is 2.43. The zero-order chi connectivity index (χ0) is 12.4. The Morgan fingerprint density at radius 3 is 2.76 bits per heavy atom. The number of esters is 1. The molecule has 0 bridgehead atoms. The Labute approximate surface area is 101 Å². The average Bonchev–Trinajstić information content (AvgIpc) is 3.06. The van der Waals surface area contributed by atoms with E-state index in [4.69, 9.17) is 10.5 Å². The van der Waals surface area contributed by atoms with E-state index in [1.165, 1.54) is 12.8 Å². The van der Waals surface area contributed by atoms with E-state index in [1.54, 1.807) is 6.92 Å². The van der Waals surface area contributed by atoms with Gasteiger partial charge in [0.15, 0.2) is 5.69 Å².